The molecule has 1 aromatic rings. The highest BCUT2D eigenvalue weighted by Crippen LogP contribution is 2.15. The van der Waals surface area contributed by atoms with Crippen molar-refractivity contribution in [2.45, 2.75) is 33.1 Å². The Labute approximate surface area is 105 Å². The highest BCUT2D eigenvalue weighted by atomic mass is 32.1. The summed E-state index contributed by atoms with van der Waals surface area (Å²) in [5.74, 6) is 2.34. The number of rotatable bonds is 7. The minimum Gasteiger partial charge on any atom is -0.493 e. The summed E-state index contributed by atoms with van der Waals surface area (Å²) in [6, 6.07) is 8.46. The second-order valence-corrected chi connectivity index (χ2v) is 4.71. The molecule has 0 aliphatic heterocycles. The molecule has 16 heavy (non-hydrogen) atoms. The average molecular weight is 238 g/mol. The smallest absolute Gasteiger partial charge is 0.119 e. The van der Waals surface area contributed by atoms with Crippen LogP contribution in [-0.4, -0.2) is 12.4 Å². The Balaban J connectivity index is 2.38. The van der Waals surface area contributed by atoms with Gasteiger partial charge in [0.25, 0.3) is 0 Å². The van der Waals surface area contributed by atoms with Gasteiger partial charge in [-0.05, 0) is 42.2 Å². The molecule has 1 aromatic carbocycles. The summed E-state index contributed by atoms with van der Waals surface area (Å²) in [6.45, 7) is 5.11. The van der Waals surface area contributed by atoms with Crippen molar-refractivity contribution in [3.05, 3.63) is 29.8 Å². The molecule has 0 bridgehead atoms. The van der Waals surface area contributed by atoms with Crippen LogP contribution >= 0.6 is 12.6 Å². The van der Waals surface area contributed by atoms with Gasteiger partial charge in [-0.1, -0.05) is 32.4 Å². The molecular formula is C14H22OS. The Morgan fingerprint density at radius 2 is 1.94 bits per heavy atom. The Kier molecular flexibility index (Phi) is 6.39. The fourth-order valence-corrected chi connectivity index (χ4v) is 1.53. The molecule has 1 unspecified atom stereocenters. The van der Waals surface area contributed by atoms with Gasteiger partial charge in [0.15, 0.2) is 0 Å². The van der Waals surface area contributed by atoms with E-state index in [1.165, 1.54) is 24.8 Å². The first-order chi connectivity index (χ1) is 7.76. The van der Waals surface area contributed by atoms with E-state index in [-0.39, 0.29) is 0 Å². The molecule has 1 rings (SSSR count). The second kappa shape index (κ2) is 7.61. The topological polar surface area (TPSA) is 9.23 Å². The van der Waals surface area contributed by atoms with Gasteiger partial charge >= 0.3 is 0 Å². The maximum Gasteiger partial charge on any atom is 0.119 e. The second-order valence-electron chi connectivity index (χ2n) is 4.35. The van der Waals surface area contributed by atoms with Gasteiger partial charge in [0.05, 0.1) is 6.61 Å². The highest BCUT2D eigenvalue weighted by Gasteiger charge is 2.00. The van der Waals surface area contributed by atoms with Gasteiger partial charge < -0.3 is 4.74 Å². The third-order valence-electron chi connectivity index (χ3n) is 2.59. The Bertz CT molecular complexity index is 281. The molecule has 1 nitrogen and oxygen atoms in total. The van der Waals surface area contributed by atoms with Crippen molar-refractivity contribution in [2.24, 2.45) is 5.92 Å². The van der Waals surface area contributed by atoms with Crippen LogP contribution < -0.4 is 4.74 Å². The van der Waals surface area contributed by atoms with Gasteiger partial charge in [-0.15, -0.1) is 0 Å². The molecule has 90 valence electrons. The molecule has 0 aromatic heterocycles. The van der Waals surface area contributed by atoms with E-state index in [4.69, 9.17) is 4.74 Å². The lowest BCUT2D eigenvalue weighted by molar-refractivity contribution is 0.273. The Morgan fingerprint density at radius 1 is 1.25 bits per heavy atom. The monoisotopic (exact) mass is 238 g/mol. The normalized spacial score (nSPS) is 12.4. The van der Waals surface area contributed by atoms with Crippen molar-refractivity contribution in [1.82, 2.24) is 0 Å². The molecule has 2 heteroatoms. The van der Waals surface area contributed by atoms with Crippen LogP contribution in [0.2, 0.25) is 0 Å². The fourth-order valence-electron chi connectivity index (χ4n) is 1.42. The zero-order valence-corrected chi connectivity index (χ0v) is 11.2. The average Bonchev–Trinajstić information content (AvgIpc) is 2.34. The van der Waals surface area contributed by atoms with E-state index in [2.05, 4.69) is 50.7 Å². The van der Waals surface area contributed by atoms with Gasteiger partial charge in [-0.3, -0.25) is 0 Å². The quantitative estimate of drug-likeness (QED) is 0.707. The summed E-state index contributed by atoms with van der Waals surface area (Å²) in [5, 5.41) is 0. The van der Waals surface area contributed by atoms with E-state index in [9.17, 15) is 0 Å². The minimum absolute atomic E-state index is 0.503. The summed E-state index contributed by atoms with van der Waals surface area (Å²) in [6.07, 6.45) is 3.68. The molecule has 0 N–H and O–H groups in total. The first-order valence-corrected chi connectivity index (χ1v) is 6.72. The van der Waals surface area contributed by atoms with E-state index in [1.807, 2.05) is 0 Å². The van der Waals surface area contributed by atoms with Crippen molar-refractivity contribution in [3.63, 3.8) is 0 Å². The molecule has 0 saturated carbocycles. The van der Waals surface area contributed by atoms with Crippen LogP contribution in [0.25, 0.3) is 0 Å². The van der Waals surface area contributed by atoms with Crippen molar-refractivity contribution in [1.29, 1.82) is 0 Å². The number of hydrogen-bond donors (Lipinski definition) is 1. The fraction of sp³-hybridized carbons (Fsp3) is 0.571. The first kappa shape index (κ1) is 13.4. The van der Waals surface area contributed by atoms with Crippen LogP contribution in [0, 0.1) is 5.92 Å². The zero-order valence-electron chi connectivity index (χ0n) is 10.3. The minimum atomic E-state index is 0.503. The van der Waals surface area contributed by atoms with Gasteiger partial charge in [-0.2, -0.15) is 12.6 Å². The summed E-state index contributed by atoms with van der Waals surface area (Å²) in [4.78, 5) is 0. The van der Waals surface area contributed by atoms with Gasteiger partial charge in [-0.25, -0.2) is 0 Å². The molecule has 0 fully saturated rings. The van der Waals surface area contributed by atoms with Gasteiger partial charge in [0, 0.05) is 0 Å². The molecule has 0 aliphatic carbocycles. The summed E-state index contributed by atoms with van der Waals surface area (Å²) < 4.78 is 5.67. The largest absolute Gasteiger partial charge is 0.493 e. The van der Waals surface area contributed by atoms with Crippen molar-refractivity contribution < 1.29 is 4.74 Å². The van der Waals surface area contributed by atoms with Crippen molar-refractivity contribution in [3.8, 4) is 5.75 Å². The van der Waals surface area contributed by atoms with E-state index in [0.717, 1.165) is 18.1 Å². The number of benzene rings is 1. The molecule has 0 heterocycles. The maximum absolute atomic E-state index is 5.67. The number of hydrogen-bond acceptors (Lipinski definition) is 2. The summed E-state index contributed by atoms with van der Waals surface area (Å²) in [7, 11) is 0. The molecular weight excluding hydrogens is 216 g/mol. The molecule has 0 aliphatic rings. The Hall–Kier alpha value is -0.630. The number of unbranched alkanes of at least 4 members (excludes halogenated alkanes) is 1. The van der Waals surface area contributed by atoms with Crippen molar-refractivity contribution in [2.75, 3.05) is 12.4 Å². The van der Waals surface area contributed by atoms with Crippen LogP contribution in [-0.2, 0) is 6.42 Å². The molecule has 1 atom stereocenters. The van der Waals surface area contributed by atoms with E-state index in [0.29, 0.717) is 5.92 Å². The van der Waals surface area contributed by atoms with Crippen LogP contribution in [0.5, 0.6) is 5.75 Å². The van der Waals surface area contributed by atoms with E-state index in [1.54, 1.807) is 0 Å². The zero-order chi connectivity index (χ0) is 11.8. The number of ether oxygens (including phenoxy) is 1. The number of aryl methyl sites for hydroxylation is 1. The summed E-state index contributed by atoms with van der Waals surface area (Å²) in [5.41, 5.74) is 1.40. The third kappa shape index (κ3) is 4.93. The molecule has 0 saturated heterocycles. The van der Waals surface area contributed by atoms with Crippen LogP contribution in [0.3, 0.4) is 0 Å². The third-order valence-corrected chi connectivity index (χ3v) is 3.21. The predicted octanol–water partition coefficient (Wildman–Crippen LogP) is 3.97. The lowest BCUT2D eigenvalue weighted by atomic mass is 10.1. The van der Waals surface area contributed by atoms with Crippen LogP contribution in [0.1, 0.15) is 32.3 Å². The lowest BCUT2D eigenvalue weighted by Crippen LogP contribution is -2.09. The SMILES string of the molecule is CCCCc1ccc(OCC(C)CS)cc1. The highest BCUT2D eigenvalue weighted by molar-refractivity contribution is 7.80. The molecule has 0 amide bonds. The van der Waals surface area contributed by atoms with Crippen molar-refractivity contribution >= 4 is 12.6 Å². The number of thiol groups is 1. The van der Waals surface area contributed by atoms with Crippen LogP contribution in [0.15, 0.2) is 24.3 Å². The first-order valence-electron chi connectivity index (χ1n) is 6.08. The summed E-state index contributed by atoms with van der Waals surface area (Å²) >= 11 is 4.24. The van der Waals surface area contributed by atoms with Gasteiger partial charge in [0.2, 0.25) is 0 Å². The van der Waals surface area contributed by atoms with E-state index < -0.39 is 0 Å². The predicted molar refractivity (Wildman–Crippen MR) is 73.6 cm³/mol. The molecule has 0 radical (unpaired) electrons. The molecule has 0 spiro atoms. The standard InChI is InChI=1S/C14H22OS/c1-3-4-5-13-6-8-14(9-7-13)15-10-12(2)11-16/h6-9,12,16H,3-5,10-11H2,1-2H3. The maximum atomic E-state index is 5.67. The Morgan fingerprint density at radius 3 is 2.50 bits per heavy atom. The van der Waals surface area contributed by atoms with Gasteiger partial charge in [0.1, 0.15) is 5.75 Å². The van der Waals surface area contributed by atoms with E-state index >= 15 is 0 Å². The lowest BCUT2D eigenvalue weighted by Gasteiger charge is -2.10. The van der Waals surface area contributed by atoms with Crippen LogP contribution in [0.4, 0.5) is 0 Å².